The zero-order valence-corrected chi connectivity index (χ0v) is 11.1. The van der Waals surface area contributed by atoms with Crippen molar-refractivity contribution in [3.05, 3.63) is 0 Å². The molecule has 0 unspecified atom stereocenters. The van der Waals surface area contributed by atoms with Crippen molar-refractivity contribution in [3.8, 4) is 0 Å². The molecular formula is C12H24N2OS. The lowest BCUT2D eigenvalue weighted by Gasteiger charge is -2.22. The van der Waals surface area contributed by atoms with Gasteiger partial charge in [0.15, 0.2) is 0 Å². The summed E-state index contributed by atoms with van der Waals surface area (Å²) in [6, 6.07) is 0.439. The molecule has 0 heterocycles. The van der Waals surface area contributed by atoms with Gasteiger partial charge in [-0.2, -0.15) is 11.8 Å². The van der Waals surface area contributed by atoms with Crippen LogP contribution in [-0.2, 0) is 4.79 Å². The van der Waals surface area contributed by atoms with Crippen molar-refractivity contribution in [2.24, 2.45) is 0 Å². The van der Waals surface area contributed by atoms with Crippen LogP contribution in [0.25, 0.3) is 0 Å². The molecule has 0 aromatic heterocycles. The van der Waals surface area contributed by atoms with Gasteiger partial charge in [-0.25, -0.2) is 0 Å². The number of carbonyl (C=O) groups is 1. The van der Waals surface area contributed by atoms with E-state index < -0.39 is 0 Å². The van der Waals surface area contributed by atoms with Crippen molar-refractivity contribution in [2.45, 2.75) is 44.6 Å². The highest BCUT2D eigenvalue weighted by atomic mass is 32.2. The maximum atomic E-state index is 11.6. The Bertz CT molecular complexity index is 193. The molecule has 1 saturated carbocycles. The Labute approximate surface area is 103 Å². The van der Waals surface area contributed by atoms with Crippen LogP contribution in [-0.4, -0.2) is 37.0 Å². The van der Waals surface area contributed by atoms with Crippen molar-refractivity contribution >= 4 is 17.7 Å². The highest BCUT2D eigenvalue weighted by molar-refractivity contribution is 7.98. The van der Waals surface area contributed by atoms with E-state index in [0.717, 1.165) is 31.6 Å². The largest absolute Gasteiger partial charge is 0.352 e. The summed E-state index contributed by atoms with van der Waals surface area (Å²) < 4.78 is 0. The van der Waals surface area contributed by atoms with Crippen molar-refractivity contribution in [2.75, 3.05) is 25.1 Å². The summed E-state index contributed by atoms with van der Waals surface area (Å²) in [5, 5.41) is 6.29. The molecular weight excluding hydrogens is 220 g/mol. The van der Waals surface area contributed by atoms with Crippen LogP contribution in [0, 0.1) is 0 Å². The zero-order valence-electron chi connectivity index (χ0n) is 10.3. The summed E-state index contributed by atoms with van der Waals surface area (Å²) in [6.45, 7) is 1.42. The second-order valence-corrected chi connectivity index (χ2v) is 5.41. The Morgan fingerprint density at radius 3 is 2.75 bits per heavy atom. The fourth-order valence-electron chi connectivity index (χ4n) is 2.07. The smallest absolute Gasteiger partial charge is 0.234 e. The number of nitrogens with one attached hydrogen (secondary N) is 2. The van der Waals surface area contributed by atoms with Crippen molar-refractivity contribution < 1.29 is 4.79 Å². The van der Waals surface area contributed by atoms with Crippen LogP contribution in [0.15, 0.2) is 0 Å². The molecule has 0 radical (unpaired) electrons. The van der Waals surface area contributed by atoms with Gasteiger partial charge in [0.25, 0.3) is 0 Å². The molecule has 4 heteroatoms. The van der Waals surface area contributed by atoms with E-state index in [9.17, 15) is 4.79 Å². The molecule has 0 bridgehead atoms. The maximum Gasteiger partial charge on any atom is 0.234 e. The van der Waals surface area contributed by atoms with Gasteiger partial charge in [-0.3, -0.25) is 4.79 Å². The van der Waals surface area contributed by atoms with Gasteiger partial charge in [0.1, 0.15) is 0 Å². The molecule has 94 valence electrons. The van der Waals surface area contributed by atoms with Gasteiger partial charge >= 0.3 is 0 Å². The van der Waals surface area contributed by atoms with Gasteiger partial charge in [-0.05, 0) is 37.8 Å². The van der Waals surface area contributed by atoms with Crippen molar-refractivity contribution in [1.29, 1.82) is 0 Å². The molecule has 2 N–H and O–H groups in total. The average Bonchev–Trinajstić information content (AvgIpc) is 2.30. The van der Waals surface area contributed by atoms with Gasteiger partial charge in [0.2, 0.25) is 5.91 Å². The molecule has 16 heavy (non-hydrogen) atoms. The van der Waals surface area contributed by atoms with E-state index in [2.05, 4.69) is 16.9 Å². The standard InChI is InChI=1S/C12H24N2OS/c1-16-9-5-8-13-10-12(15)14-11-6-3-2-4-7-11/h11,13H,2-10H2,1H3,(H,14,15). The second kappa shape index (κ2) is 8.88. The molecule has 0 aromatic rings. The second-order valence-electron chi connectivity index (χ2n) is 4.43. The molecule has 0 aliphatic heterocycles. The number of amides is 1. The average molecular weight is 244 g/mol. The summed E-state index contributed by atoms with van der Waals surface area (Å²) in [5.41, 5.74) is 0. The summed E-state index contributed by atoms with van der Waals surface area (Å²) in [7, 11) is 0. The minimum atomic E-state index is 0.163. The minimum Gasteiger partial charge on any atom is -0.352 e. The summed E-state index contributed by atoms with van der Waals surface area (Å²) in [4.78, 5) is 11.6. The van der Waals surface area contributed by atoms with Gasteiger partial charge in [-0.1, -0.05) is 19.3 Å². The predicted octanol–water partition coefficient (Wildman–Crippen LogP) is 1.78. The van der Waals surface area contributed by atoms with Gasteiger partial charge in [0, 0.05) is 6.04 Å². The molecule has 1 fully saturated rings. The van der Waals surface area contributed by atoms with Gasteiger partial charge in [0.05, 0.1) is 6.54 Å². The number of carbonyl (C=O) groups excluding carboxylic acids is 1. The Balaban J connectivity index is 1.97. The van der Waals surface area contributed by atoms with E-state index >= 15 is 0 Å². The fourth-order valence-corrected chi connectivity index (χ4v) is 2.50. The molecule has 1 aliphatic carbocycles. The summed E-state index contributed by atoms with van der Waals surface area (Å²) in [5.74, 6) is 1.33. The van der Waals surface area contributed by atoms with E-state index in [4.69, 9.17) is 0 Å². The number of rotatable bonds is 7. The lowest BCUT2D eigenvalue weighted by Crippen LogP contribution is -2.41. The Hall–Kier alpha value is -0.220. The van der Waals surface area contributed by atoms with E-state index in [0.29, 0.717) is 12.6 Å². The van der Waals surface area contributed by atoms with E-state index in [1.54, 1.807) is 0 Å². The molecule has 1 aliphatic rings. The van der Waals surface area contributed by atoms with Crippen LogP contribution < -0.4 is 10.6 Å². The third-order valence-corrected chi connectivity index (χ3v) is 3.65. The first-order valence-electron chi connectivity index (χ1n) is 6.32. The van der Waals surface area contributed by atoms with E-state index in [1.165, 1.54) is 19.3 Å². The quantitative estimate of drug-likeness (QED) is 0.671. The molecule has 1 rings (SSSR count). The van der Waals surface area contributed by atoms with Gasteiger partial charge in [-0.15, -0.1) is 0 Å². The minimum absolute atomic E-state index is 0.163. The van der Waals surface area contributed by atoms with Crippen LogP contribution in [0.4, 0.5) is 0 Å². The van der Waals surface area contributed by atoms with Crippen molar-refractivity contribution in [3.63, 3.8) is 0 Å². The van der Waals surface area contributed by atoms with Gasteiger partial charge < -0.3 is 10.6 Å². The van der Waals surface area contributed by atoms with Crippen LogP contribution >= 0.6 is 11.8 Å². The topological polar surface area (TPSA) is 41.1 Å². The van der Waals surface area contributed by atoms with Crippen LogP contribution in [0.1, 0.15) is 38.5 Å². The Morgan fingerprint density at radius 2 is 2.06 bits per heavy atom. The monoisotopic (exact) mass is 244 g/mol. The first kappa shape index (κ1) is 13.8. The van der Waals surface area contributed by atoms with E-state index in [-0.39, 0.29) is 5.91 Å². The Morgan fingerprint density at radius 1 is 1.31 bits per heavy atom. The Kier molecular flexibility index (Phi) is 7.68. The summed E-state index contributed by atoms with van der Waals surface area (Å²) in [6.07, 6.45) is 9.45. The highest BCUT2D eigenvalue weighted by Gasteiger charge is 2.14. The third-order valence-electron chi connectivity index (χ3n) is 2.96. The van der Waals surface area contributed by atoms with Crippen LogP contribution in [0.2, 0.25) is 0 Å². The SMILES string of the molecule is CSCCCNCC(=O)NC1CCCCC1. The first-order chi connectivity index (χ1) is 7.83. The van der Waals surface area contributed by atoms with Crippen molar-refractivity contribution in [1.82, 2.24) is 10.6 Å². The fraction of sp³-hybridized carbons (Fsp3) is 0.917. The number of hydrogen-bond acceptors (Lipinski definition) is 3. The lowest BCUT2D eigenvalue weighted by atomic mass is 9.95. The van der Waals surface area contributed by atoms with Crippen LogP contribution in [0.3, 0.4) is 0 Å². The maximum absolute atomic E-state index is 11.6. The molecule has 0 aromatic carbocycles. The molecule has 0 saturated heterocycles. The molecule has 0 atom stereocenters. The molecule has 1 amide bonds. The molecule has 0 spiro atoms. The summed E-state index contributed by atoms with van der Waals surface area (Å²) >= 11 is 1.85. The lowest BCUT2D eigenvalue weighted by molar-refractivity contribution is -0.121. The normalized spacial score (nSPS) is 17.3. The number of thioether (sulfide) groups is 1. The third kappa shape index (κ3) is 6.38. The molecule has 3 nitrogen and oxygen atoms in total. The highest BCUT2D eigenvalue weighted by Crippen LogP contribution is 2.16. The number of hydrogen-bond donors (Lipinski definition) is 2. The predicted molar refractivity (Wildman–Crippen MR) is 70.9 cm³/mol. The zero-order chi connectivity index (χ0) is 11.6. The van der Waals surface area contributed by atoms with Crippen LogP contribution in [0.5, 0.6) is 0 Å². The van der Waals surface area contributed by atoms with E-state index in [1.807, 2.05) is 11.8 Å². The first-order valence-corrected chi connectivity index (χ1v) is 7.71.